The zero-order chi connectivity index (χ0) is 13.6. The summed E-state index contributed by atoms with van der Waals surface area (Å²) in [4.78, 5) is 11.6. The SMILES string of the molecule is CC(C)(C)SCCNC(=O)Nc1ccc(I)cc1. The Morgan fingerprint density at radius 1 is 1.28 bits per heavy atom. The molecule has 3 nitrogen and oxygen atoms in total. The van der Waals surface area contributed by atoms with Crippen molar-refractivity contribution in [2.24, 2.45) is 0 Å². The molecule has 100 valence electrons. The van der Waals surface area contributed by atoms with Crippen LogP contribution in [0.1, 0.15) is 20.8 Å². The van der Waals surface area contributed by atoms with Crippen LogP contribution in [0.5, 0.6) is 0 Å². The number of thioether (sulfide) groups is 1. The fourth-order valence-electron chi connectivity index (χ4n) is 1.23. The lowest BCUT2D eigenvalue weighted by atomic mass is 10.3. The third-order valence-corrected chi connectivity index (χ3v) is 4.02. The highest BCUT2D eigenvalue weighted by Crippen LogP contribution is 2.22. The van der Waals surface area contributed by atoms with Gasteiger partial charge in [-0.05, 0) is 46.9 Å². The van der Waals surface area contributed by atoms with E-state index in [9.17, 15) is 4.79 Å². The average Bonchev–Trinajstić information content (AvgIpc) is 2.26. The maximum atomic E-state index is 11.6. The number of hydrogen-bond acceptors (Lipinski definition) is 2. The molecule has 0 unspecified atom stereocenters. The molecule has 1 aromatic rings. The first-order valence-corrected chi connectivity index (χ1v) is 7.88. The molecule has 1 rings (SSSR count). The maximum Gasteiger partial charge on any atom is 0.319 e. The van der Waals surface area contributed by atoms with Crippen molar-refractivity contribution in [2.75, 3.05) is 17.6 Å². The van der Waals surface area contributed by atoms with E-state index >= 15 is 0 Å². The standard InChI is InChI=1S/C13H19IN2OS/c1-13(2,3)18-9-8-15-12(17)16-11-6-4-10(14)5-7-11/h4-7H,8-9H2,1-3H3,(H2,15,16,17). The Labute approximate surface area is 127 Å². The summed E-state index contributed by atoms with van der Waals surface area (Å²) in [6, 6.07) is 7.57. The van der Waals surface area contributed by atoms with Gasteiger partial charge in [0.25, 0.3) is 0 Å². The van der Waals surface area contributed by atoms with Crippen molar-refractivity contribution in [2.45, 2.75) is 25.5 Å². The van der Waals surface area contributed by atoms with Crippen LogP contribution < -0.4 is 10.6 Å². The molecule has 0 radical (unpaired) electrons. The number of carbonyl (C=O) groups is 1. The van der Waals surface area contributed by atoms with E-state index in [1.807, 2.05) is 36.0 Å². The summed E-state index contributed by atoms with van der Waals surface area (Å²) in [5.41, 5.74) is 0.816. The Bertz CT molecular complexity index is 387. The molecule has 0 aromatic heterocycles. The average molecular weight is 378 g/mol. The fourth-order valence-corrected chi connectivity index (χ4v) is 2.41. The van der Waals surface area contributed by atoms with Gasteiger partial charge in [-0.2, -0.15) is 11.8 Å². The second-order valence-electron chi connectivity index (χ2n) is 4.85. The first-order valence-electron chi connectivity index (χ1n) is 5.81. The van der Waals surface area contributed by atoms with Gasteiger partial charge >= 0.3 is 6.03 Å². The molecule has 2 amide bonds. The van der Waals surface area contributed by atoms with Crippen LogP contribution in [0.25, 0.3) is 0 Å². The highest BCUT2D eigenvalue weighted by molar-refractivity contribution is 14.1. The molecular formula is C13H19IN2OS. The molecule has 1 aromatic carbocycles. The van der Waals surface area contributed by atoms with E-state index in [2.05, 4.69) is 54.0 Å². The number of hydrogen-bond donors (Lipinski definition) is 2. The minimum absolute atomic E-state index is 0.147. The van der Waals surface area contributed by atoms with Crippen LogP contribution in [0.15, 0.2) is 24.3 Å². The molecule has 5 heteroatoms. The largest absolute Gasteiger partial charge is 0.337 e. The predicted molar refractivity (Wildman–Crippen MR) is 88.4 cm³/mol. The Balaban J connectivity index is 2.24. The lowest BCUT2D eigenvalue weighted by molar-refractivity contribution is 0.252. The topological polar surface area (TPSA) is 41.1 Å². The zero-order valence-electron chi connectivity index (χ0n) is 10.9. The molecule has 0 aliphatic heterocycles. The van der Waals surface area contributed by atoms with Gasteiger partial charge < -0.3 is 10.6 Å². The van der Waals surface area contributed by atoms with Crippen LogP contribution in [-0.2, 0) is 0 Å². The van der Waals surface area contributed by atoms with Crippen LogP contribution >= 0.6 is 34.4 Å². The quantitative estimate of drug-likeness (QED) is 0.616. The third-order valence-electron chi connectivity index (χ3n) is 2.02. The minimum atomic E-state index is -0.147. The molecule has 0 spiro atoms. The molecule has 0 aliphatic carbocycles. The van der Waals surface area contributed by atoms with E-state index < -0.39 is 0 Å². The van der Waals surface area contributed by atoms with E-state index in [-0.39, 0.29) is 10.8 Å². The van der Waals surface area contributed by atoms with E-state index in [1.165, 1.54) is 0 Å². The van der Waals surface area contributed by atoms with Gasteiger partial charge in [-0.3, -0.25) is 0 Å². The summed E-state index contributed by atoms with van der Waals surface area (Å²) in [5.74, 6) is 0.920. The van der Waals surface area contributed by atoms with Gasteiger partial charge in [-0.15, -0.1) is 0 Å². The van der Waals surface area contributed by atoms with Crippen molar-refractivity contribution < 1.29 is 4.79 Å². The molecule has 0 bridgehead atoms. The molecule has 0 atom stereocenters. The van der Waals surface area contributed by atoms with E-state index in [0.717, 1.165) is 15.0 Å². The third kappa shape index (κ3) is 7.10. The Morgan fingerprint density at radius 2 is 1.89 bits per heavy atom. The second-order valence-corrected chi connectivity index (χ2v) is 8.02. The molecule has 2 N–H and O–H groups in total. The smallest absolute Gasteiger partial charge is 0.319 e. The van der Waals surface area contributed by atoms with Crippen molar-refractivity contribution in [3.63, 3.8) is 0 Å². The van der Waals surface area contributed by atoms with E-state index in [1.54, 1.807) is 0 Å². The number of nitrogens with one attached hydrogen (secondary N) is 2. The molecule has 0 aliphatic rings. The lowest BCUT2D eigenvalue weighted by Gasteiger charge is -2.17. The van der Waals surface area contributed by atoms with Crippen LogP contribution in [0.3, 0.4) is 0 Å². The zero-order valence-corrected chi connectivity index (χ0v) is 13.9. The maximum absolute atomic E-state index is 11.6. The molecule has 18 heavy (non-hydrogen) atoms. The summed E-state index contributed by atoms with van der Waals surface area (Å²) in [7, 11) is 0. The number of amides is 2. The molecular weight excluding hydrogens is 359 g/mol. The van der Waals surface area contributed by atoms with Gasteiger partial charge in [-0.1, -0.05) is 20.8 Å². The minimum Gasteiger partial charge on any atom is -0.337 e. The van der Waals surface area contributed by atoms with Crippen LogP contribution in [0, 0.1) is 3.57 Å². The van der Waals surface area contributed by atoms with Crippen molar-refractivity contribution in [1.29, 1.82) is 0 Å². The van der Waals surface area contributed by atoms with Crippen molar-refractivity contribution in [1.82, 2.24) is 5.32 Å². The monoisotopic (exact) mass is 378 g/mol. The van der Waals surface area contributed by atoms with Crippen molar-refractivity contribution >= 4 is 46.1 Å². The summed E-state index contributed by atoms with van der Waals surface area (Å²) in [6.45, 7) is 7.19. The number of anilines is 1. The van der Waals surface area contributed by atoms with Gasteiger partial charge in [0.15, 0.2) is 0 Å². The molecule has 0 fully saturated rings. The highest BCUT2D eigenvalue weighted by Gasteiger charge is 2.09. The van der Waals surface area contributed by atoms with Gasteiger partial charge in [-0.25, -0.2) is 4.79 Å². The number of benzene rings is 1. The van der Waals surface area contributed by atoms with E-state index in [4.69, 9.17) is 0 Å². The number of rotatable bonds is 4. The van der Waals surface area contributed by atoms with Crippen molar-refractivity contribution in [3.8, 4) is 0 Å². The number of urea groups is 1. The Morgan fingerprint density at radius 3 is 2.44 bits per heavy atom. The predicted octanol–water partition coefficient (Wildman–Crippen LogP) is 3.94. The van der Waals surface area contributed by atoms with Gasteiger partial charge in [0, 0.05) is 26.3 Å². The second kappa shape index (κ2) is 7.23. The normalized spacial score (nSPS) is 11.1. The number of carbonyl (C=O) groups excluding carboxylic acids is 1. The van der Waals surface area contributed by atoms with Crippen LogP contribution in [-0.4, -0.2) is 23.1 Å². The van der Waals surface area contributed by atoms with Gasteiger partial charge in [0.1, 0.15) is 0 Å². The first-order chi connectivity index (χ1) is 8.37. The van der Waals surface area contributed by atoms with E-state index in [0.29, 0.717) is 6.54 Å². The van der Waals surface area contributed by atoms with Gasteiger partial charge in [0.2, 0.25) is 0 Å². The summed E-state index contributed by atoms with van der Waals surface area (Å²) >= 11 is 4.07. The molecule has 0 saturated heterocycles. The van der Waals surface area contributed by atoms with Crippen molar-refractivity contribution in [3.05, 3.63) is 27.8 Å². The highest BCUT2D eigenvalue weighted by atomic mass is 127. The fraction of sp³-hybridized carbons (Fsp3) is 0.462. The molecule has 0 heterocycles. The summed E-state index contributed by atoms with van der Waals surface area (Å²) in [5, 5.41) is 5.65. The Hall–Kier alpha value is -0.430. The first kappa shape index (κ1) is 15.6. The van der Waals surface area contributed by atoms with Crippen LogP contribution in [0.2, 0.25) is 0 Å². The summed E-state index contributed by atoms with van der Waals surface area (Å²) in [6.07, 6.45) is 0. The number of halogens is 1. The summed E-state index contributed by atoms with van der Waals surface area (Å²) < 4.78 is 1.40. The molecule has 0 saturated carbocycles. The van der Waals surface area contributed by atoms with Crippen LogP contribution in [0.4, 0.5) is 10.5 Å². The lowest BCUT2D eigenvalue weighted by Crippen LogP contribution is -2.31. The van der Waals surface area contributed by atoms with Gasteiger partial charge in [0.05, 0.1) is 0 Å². The Kier molecular flexibility index (Phi) is 6.28.